The summed E-state index contributed by atoms with van der Waals surface area (Å²) in [6.45, 7) is 1.80. The number of benzene rings is 2. The second-order valence-corrected chi connectivity index (χ2v) is 7.45. The minimum absolute atomic E-state index is 0.157. The van der Waals surface area contributed by atoms with Gasteiger partial charge < -0.3 is 5.73 Å². The summed E-state index contributed by atoms with van der Waals surface area (Å²) in [4.78, 5) is 0.157. The fourth-order valence-electron chi connectivity index (χ4n) is 1.75. The summed E-state index contributed by atoms with van der Waals surface area (Å²) in [6, 6.07) is 11.3. The smallest absolute Gasteiger partial charge is 0.261 e. The average molecular weight is 390 g/mol. The second-order valence-electron chi connectivity index (χ2n) is 4.57. The molecule has 0 amide bonds. The molecule has 0 bridgehead atoms. The quantitative estimate of drug-likeness (QED) is 0.832. The number of hydrogen-bond donors (Lipinski definition) is 2. The zero-order chi connectivity index (χ0) is 15.6. The third-order valence-electron chi connectivity index (χ3n) is 2.89. The normalized spacial score (nSPS) is 13.0. The van der Waals surface area contributed by atoms with E-state index in [0.717, 1.165) is 5.56 Å². The monoisotopic (exact) mass is 388 g/mol. The number of nitrogens with one attached hydrogen (secondary N) is 1. The van der Waals surface area contributed by atoms with E-state index in [1.165, 1.54) is 6.07 Å². The lowest BCUT2D eigenvalue weighted by molar-refractivity contribution is 0.601. The van der Waals surface area contributed by atoms with Gasteiger partial charge in [-0.3, -0.25) is 4.72 Å². The molecule has 2 rings (SSSR count). The summed E-state index contributed by atoms with van der Waals surface area (Å²) in [5.74, 6) is 0. The van der Waals surface area contributed by atoms with E-state index < -0.39 is 10.0 Å². The average Bonchev–Trinajstić information content (AvgIpc) is 2.44. The van der Waals surface area contributed by atoms with Gasteiger partial charge in [-0.2, -0.15) is 0 Å². The van der Waals surface area contributed by atoms with Gasteiger partial charge in [-0.05, 0) is 52.7 Å². The Bertz CT molecular complexity index is 763. The van der Waals surface area contributed by atoms with Gasteiger partial charge in [0.25, 0.3) is 10.0 Å². The van der Waals surface area contributed by atoms with Crippen molar-refractivity contribution in [1.29, 1.82) is 0 Å². The van der Waals surface area contributed by atoms with Crippen LogP contribution in [0.5, 0.6) is 0 Å². The summed E-state index contributed by atoms with van der Waals surface area (Å²) in [6.07, 6.45) is 0. The van der Waals surface area contributed by atoms with Gasteiger partial charge in [0, 0.05) is 6.04 Å². The van der Waals surface area contributed by atoms with Crippen LogP contribution in [0.1, 0.15) is 18.5 Å². The Morgan fingerprint density at radius 1 is 1.24 bits per heavy atom. The Morgan fingerprint density at radius 3 is 2.57 bits per heavy atom. The molecule has 0 aliphatic rings. The molecule has 0 fully saturated rings. The molecule has 2 aromatic carbocycles. The standard InChI is InChI=1S/C14H14BrClN2O2S/c1-9(17)10-4-2-5-11(8-10)21(19,20)18-13-7-3-6-12(16)14(13)15/h2-9,18H,17H2,1H3. The van der Waals surface area contributed by atoms with E-state index in [1.807, 2.05) is 0 Å². The highest BCUT2D eigenvalue weighted by Gasteiger charge is 2.17. The summed E-state index contributed by atoms with van der Waals surface area (Å²) in [5, 5.41) is 0.430. The van der Waals surface area contributed by atoms with Gasteiger partial charge in [-0.1, -0.05) is 29.8 Å². The Hall–Kier alpha value is -1.08. The summed E-state index contributed by atoms with van der Waals surface area (Å²) < 4.78 is 27.9. The number of anilines is 1. The Kier molecular flexibility index (Phi) is 4.93. The van der Waals surface area contributed by atoms with E-state index in [2.05, 4.69) is 20.7 Å². The predicted octanol–water partition coefficient (Wildman–Crippen LogP) is 3.92. The maximum atomic E-state index is 12.4. The molecular formula is C14H14BrClN2O2S. The molecule has 3 N–H and O–H groups in total. The summed E-state index contributed by atoms with van der Waals surface area (Å²) in [7, 11) is -3.70. The van der Waals surface area contributed by atoms with Crippen molar-refractivity contribution in [3.8, 4) is 0 Å². The van der Waals surface area contributed by atoms with Crippen molar-refractivity contribution in [2.45, 2.75) is 17.9 Å². The maximum Gasteiger partial charge on any atom is 0.261 e. The molecule has 0 radical (unpaired) electrons. The molecule has 1 atom stereocenters. The molecule has 0 spiro atoms. The van der Waals surface area contributed by atoms with Gasteiger partial charge in [0.15, 0.2) is 0 Å². The van der Waals surface area contributed by atoms with Crippen LogP contribution in [-0.2, 0) is 10.0 Å². The molecule has 0 aromatic heterocycles. The summed E-state index contributed by atoms with van der Waals surface area (Å²) >= 11 is 9.22. The highest BCUT2D eigenvalue weighted by molar-refractivity contribution is 9.10. The molecular weight excluding hydrogens is 376 g/mol. The van der Waals surface area contributed by atoms with Crippen LogP contribution in [0, 0.1) is 0 Å². The summed E-state index contributed by atoms with van der Waals surface area (Å²) in [5.41, 5.74) is 6.92. The molecule has 1 unspecified atom stereocenters. The van der Waals surface area contributed by atoms with E-state index >= 15 is 0 Å². The van der Waals surface area contributed by atoms with Gasteiger partial charge in [0.05, 0.1) is 20.1 Å². The van der Waals surface area contributed by atoms with Gasteiger partial charge in [-0.15, -0.1) is 0 Å². The molecule has 0 aliphatic heterocycles. The minimum atomic E-state index is -3.70. The largest absolute Gasteiger partial charge is 0.324 e. The van der Waals surface area contributed by atoms with Crippen LogP contribution < -0.4 is 10.5 Å². The first-order valence-corrected chi connectivity index (χ1v) is 8.79. The zero-order valence-electron chi connectivity index (χ0n) is 11.2. The van der Waals surface area contributed by atoms with Crippen molar-refractivity contribution in [2.75, 3.05) is 4.72 Å². The van der Waals surface area contributed by atoms with Gasteiger partial charge in [0.2, 0.25) is 0 Å². The zero-order valence-corrected chi connectivity index (χ0v) is 14.3. The van der Waals surface area contributed by atoms with Crippen LogP contribution in [0.3, 0.4) is 0 Å². The van der Waals surface area contributed by atoms with Crippen LogP contribution in [-0.4, -0.2) is 8.42 Å². The minimum Gasteiger partial charge on any atom is -0.324 e. The highest BCUT2D eigenvalue weighted by Crippen LogP contribution is 2.31. The topological polar surface area (TPSA) is 72.2 Å². The lowest BCUT2D eigenvalue weighted by Crippen LogP contribution is -2.14. The van der Waals surface area contributed by atoms with Crippen molar-refractivity contribution >= 4 is 43.2 Å². The molecule has 0 saturated carbocycles. The molecule has 112 valence electrons. The maximum absolute atomic E-state index is 12.4. The fourth-order valence-corrected chi connectivity index (χ4v) is 3.55. The van der Waals surface area contributed by atoms with Crippen LogP contribution in [0.2, 0.25) is 5.02 Å². The molecule has 0 heterocycles. The lowest BCUT2D eigenvalue weighted by atomic mass is 10.1. The molecule has 21 heavy (non-hydrogen) atoms. The van der Waals surface area contributed by atoms with Crippen molar-refractivity contribution in [3.63, 3.8) is 0 Å². The van der Waals surface area contributed by atoms with Gasteiger partial charge >= 0.3 is 0 Å². The number of hydrogen-bond acceptors (Lipinski definition) is 3. The van der Waals surface area contributed by atoms with Crippen molar-refractivity contribution in [1.82, 2.24) is 0 Å². The first kappa shape index (κ1) is 16.3. The van der Waals surface area contributed by atoms with E-state index in [1.54, 1.807) is 43.3 Å². The predicted molar refractivity (Wildman–Crippen MR) is 89.0 cm³/mol. The Labute approximate surface area is 137 Å². The first-order chi connectivity index (χ1) is 9.81. The number of sulfonamides is 1. The fraction of sp³-hybridized carbons (Fsp3) is 0.143. The van der Waals surface area contributed by atoms with Gasteiger partial charge in [-0.25, -0.2) is 8.42 Å². The third kappa shape index (κ3) is 3.77. The van der Waals surface area contributed by atoms with Crippen LogP contribution in [0.4, 0.5) is 5.69 Å². The molecule has 0 aliphatic carbocycles. The Morgan fingerprint density at radius 2 is 1.90 bits per heavy atom. The molecule has 0 saturated heterocycles. The van der Waals surface area contributed by atoms with Crippen LogP contribution in [0.25, 0.3) is 0 Å². The highest BCUT2D eigenvalue weighted by atomic mass is 79.9. The van der Waals surface area contributed by atoms with Crippen molar-refractivity contribution < 1.29 is 8.42 Å². The van der Waals surface area contributed by atoms with E-state index in [4.69, 9.17) is 17.3 Å². The van der Waals surface area contributed by atoms with Crippen LogP contribution >= 0.6 is 27.5 Å². The second kappa shape index (κ2) is 6.36. The number of nitrogens with two attached hydrogens (primary N) is 1. The van der Waals surface area contributed by atoms with Crippen molar-refractivity contribution in [3.05, 3.63) is 57.5 Å². The van der Waals surface area contributed by atoms with E-state index in [-0.39, 0.29) is 10.9 Å². The number of rotatable bonds is 4. The van der Waals surface area contributed by atoms with E-state index in [0.29, 0.717) is 15.2 Å². The molecule has 2 aromatic rings. The number of halogens is 2. The Balaban J connectivity index is 2.39. The lowest BCUT2D eigenvalue weighted by Gasteiger charge is -2.12. The van der Waals surface area contributed by atoms with Crippen molar-refractivity contribution in [2.24, 2.45) is 5.73 Å². The SMILES string of the molecule is CC(N)c1cccc(S(=O)(=O)Nc2cccc(Cl)c2Br)c1. The van der Waals surface area contributed by atoms with Gasteiger partial charge in [0.1, 0.15) is 0 Å². The molecule has 4 nitrogen and oxygen atoms in total. The third-order valence-corrected chi connectivity index (χ3v) is 5.65. The van der Waals surface area contributed by atoms with Crippen LogP contribution in [0.15, 0.2) is 51.8 Å². The van der Waals surface area contributed by atoms with E-state index in [9.17, 15) is 8.42 Å². The molecule has 7 heteroatoms. The first-order valence-electron chi connectivity index (χ1n) is 6.13.